The minimum Gasteiger partial charge on any atom is -0.333 e. The van der Waals surface area contributed by atoms with E-state index in [-0.39, 0.29) is 40.6 Å². The highest BCUT2D eigenvalue weighted by Gasteiger charge is 2.27. The molecule has 0 aliphatic heterocycles. The van der Waals surface area contributed by atoms with Crippen LogP contribution in [0, 0.1) is 11.3 Å². The molecule has 31 heavy (non-hydrogen) atoms. The molecule has 178 valence electrons. The summed E-state index contributed by atoms with van der Waals surface area (Å²) in [7, 11) is 0. The van der Waals surface area contributed by atoms with Gasteiger partial charge in [-0.2, -0.15) is 5.10 Å². The summed E-state index contributed by atoms with van der Waals surface area (Å²) in [6, 6.07) is 1.94. The Morgan fingerprint density at radius 1 is 1.10 bits per heavy atom. The first-order valence-electron chi connectivity index (χ1n) is 11.6. The summed E-state index contributed by atoms with van der Waals surface area (Å²) in [6.45, 7) is 23.9. The van der Waals surface area contributed by atoms with Crippen molar-refractivity contribution in [3.05, 3.63) is 11.8 Å². The number of aromatic nitrogens is 2. The van der Waals surface area contributed by atoms with Gasteiger partial charge < -0.3 is 10.2 Å². The van der Waals surface area contributed by atoms with Crippen LogP contribution in [0.1, 0.15) is 101 Å². The number of carbonyl (C=O) groups excluding carboxylic acids is 2. The van der Waals surface area contributed by atoms with Gasteiger partial charge in [0.2, 0.25) is 11.8 Å². The Kier molecular flexibility index (Phi) is 8.93. The summed E-state index contributed by atoms with van der Waals surface area (Å²) < 4.78 is 1.86. The Bertz CT molecular complexity index is 745. The molecule has 0 spiro atoms. The van der Waals surface area contributed by atoms with Gasteiger partial charge in [0.1, 0.15) is 5.82 Å². The van der Waals surface area contributed by atoms with Gasteiger partial charge in [-0.05, 0) is 44.9 Å². The Morgan fingerprint density at radius 2 is 1.68 bits per heavy atom. The second-order valence-corrected chi connectivity index (χ2v) is 12.2. The van der Waals surface area contributed by atoms with E-state index in [1.165, 1.54) is 0 Å². The van der Waals surface area contributed by atoms with E-state index in [1.807, 2.05) is 17.7 Å². The monoisotopic (exact) mass is 434 g/mol. The van der Waals surface area contributed by atoms with Crippen LogP contribution in [0.25, 0.3) is 0 Å². The van der Waals surface area contributed by atoms with E-state index in [0.717, 1.165) is 18.5 Å². The molecule has 0 radical (unpaired) electrons. The lowest BCUT2D eigenvalue weighted by Crippen LogP contribution is -2.40. The number of rotatable bonds is 8. The van der Waals surface area contributed by atoms with Crippen LogP contribution in [-0.2, 0) is 20.5 Å². The Hall–Kier alpha value is -1.85. The molecule has 0 bridgehead atoms. The number of anilines is 1. The smallest absolute Gasteiger partial charge is 0.245 e. The normalized spacial score (nSPS) is 13.8. The average Bonchev–Trinajstić information content (AvgIpc) is 2.96. The molecule has 0 fully saturated rings. The number of nitrogens with one attached hydrogen (secondary N) is 1. The zero-order valence-corrected chi connectivity index (χ0v) is 21.8. The van der Waals surface area contributed by atoms with E-state index in [2.05, 4.69) is 74.6 Å². The molecule has 1 atom stereocenters. The van der Waals surface area contributed by atoms with Crippen LogP contribution in [0.4, 0.5) is 5.82 Å². The van der Waals surface area contributed by atoms with Gasteiger partial charge in [0, 0.05) is 24.4 Å². The Labute approximate surface area is 190 Å². The fourth-order valence-electron chi connectivity index (χ4n) is 3.81. The van der Waals surface area contributed by atoms with Crippen molar-refractivity contribution >= 4 is 17.6 Å². The minimum absolute atomic E-state index is 0.0495. The first kappa shape index (κ1) is 27.2. The molecule has 1 N–H and O–H groups in total. The van der Waals surface area contributed by atoms with E-state index >= 15 is 0 Å². The molecule has 2 amide bonds. The maximum Gasteiger partial charge on any atom is 0.245 e. The van der Waals surface area contributed by atoms with Crippen molar-refractivity contribution in [2.24, 2.45) is 11.3 Å². The average molecular weight is 435 g/mol. The molecular formula is C25H46N4O2. The van der Waals surface area contributed by atoms with E-state index in [4.69, 9.17) is 5.10 Å². The number of hydrogen-bond acceptors (Lipinski definition) is 3. The van der Waals surface area contributed by atoms with E-state index in [0.29, 0.717) is 18.8 Å². The van der Waals surface area contributed by atoms with Crippen LogP contribution in [-0.4, -0.2) is 39.6 Å². The van der Waals surface area contributed by atoms with Crippen molar-refractivity contribution < 1.29 is 9.59 Å². The first-order chi connectivity index (χ1) is 13.9. The highest BCUT2D eigenvalue weighted by molar-refractivity contribution is 5.94. The molecule has 6 heteroatoms. The topological polar surface area (TPSA) is 67.2 Å². The van der Waals surface area contributed by atoms with Gasteiger partial charge in [-0.3, -0.25) is 9.59 Å². The maximum atomic E-state index is 12.9. The van der Waals surface area contributed by atoms with Crippen LogP contribution in [0.3, 0.4) is 0 Å². The van der Waals surface area contributed by atoms with E-state index < -0.39 is 0 Å². The number of amides is 2. The summed E-state index contributed by atoms with van der Waals surface area (Å²) in [4.78, 5) is 27.5. The third kappa shape index (κ3) is 9.04. The highest BCUT2D eigenvalue weighted by atomic mass is 16.2. The molecule has 0 saturated carbocycles. The number of hydrogen-bond donors (Lipinski definition) is 1. The van der Waals surface area contributed by atoms with Crippen LogP contribution in [0.5, 0.6) is 0 Å². The number of nitrogens with zero attached hydrogens (tertiary/aromatic N) is 3. The summed E-state index contributed by atoms with van der Waals surface area (Å²) in [6.07, 6.45) is 2.27. The summed E-state index contributed by atoms with van der Waals surface area (Å²) in [5.74, 6) is 0.823. The molecular weight excluding hydrogens is 388 g/mol. The van der Waals surface area contributed by atoms with Crippen LogP contribution >= 0.6 is 0 Å². The molecule has 1 heterocycles. The van der Waals surface area contributed by atoms with E-state index in [9.17, 15) is 9.59 Å². The van der Waals surface area contributed by atoms with Crippen molar-refractivity contribution in [1.29, 1.82) is 0 Å². The maximum absolute atomic E-state index is 12.9. The van der Waals surface area contributed by atoms with Crippen LogP contribution < -0.4 is 5.32 Å². The predicted molar refractivity (Wildman–Crippen MR) is 129 cm³/mol. The minimum atomic E-state index is -0.270. The van der Waals surface area contributed by atoms with Crippen LogP contribution in [0.2, 0.25) is 0 Å². The summed E-state index contributed by atoms with van der Waals surface area (Å²) in [5, 5.41) is 7.76. The third-order valence-corrected chi connectivity index (χ3v) is 5.05. The van der Waals surface area contributed by atoms with Crippen molar-refractivity contribution in [1.82, 2.24) is 14.7 Å². The first-order valence-corrected chi connectivity index (χ1v) is 11.6. The molecule has 0 aromatic carbocycles. The lowest BCUT2D eigenvalue weighted by atomic mass is 9.84. The van der Waals surface area contributed by atoms with Crippen molar-refractivity contribution in [2.45, 2.75) is 106 Å². The molecule has 1 unspecified atom stereocenters. The SMILES string of the molecule is CCCN(CC(=O)Nc1cc(C(C)(C)C)nn1C(C)(C)C)C(=O)CC(C)CC(C)(C)C. The van der Waals surface area contributed by atoms with Crippen molar-refractivity contribution in [3.63, 3.8) is 0 Å². The molecule has 0 saturated heterocycles. The standard InChI is InChI=1S/C25H46N4O2/c1-12-13-28(22(31)14-18(2)16-23(3,4)5)17-21(30)26-20-15-19(24(6,7)8)27-29(20)25(9,10)11/h15,18H,12-14,16-17H2,1-11H3,(H,26,30). The Morgan fingerprint density at radius 3 is 2.13 bits per heavy atom. The zero-order valence-electron chi connectivity index (χ0n) is 21.8. The zero-order chi connectivity index (χ0) is 24.2. The van der Waals surface area contributed by atoms with Gasteiger partial charge in [0.15, 0.2) is 0 Å². The fourth-order valence-corrected chi connectivity index (χ4v) is 3.81. The lowest BCUT2D eigenvalue weighted by molar-refractivity contribution is -0.135. The van der Waals surface area contributed by atoms with Gasteiger partial charge in [0.25, 0.3) is 0 Å². The largest absolute Gasteiger partial charge is 0.333 e. The fraction of sp³-hybridized carbons (Fsp3) is 0.800. The molecule has 1 aromatic heterocycles. The van der Waals surface area contributed by atoms with Gasteiger partial charge >= 0.3 is 0 Å². The lowest BCUT2D eigenvalue weighted by Gasteiger charge is -2.27. The van der Waals surface area contributed by atoms with Gasteiger partial charge in [-0.1, -0.05) is 55.4 Å². The van der Waals surface area contributed by atoms with E-state index in [1.54, 1.807) is 4.90 Å². The quantitative estimate of drug-likeness (QED) is 0.581. The molecule has 1 aromatic rings. The van der Waals surface area contributed by atoms with Gasteiger partial charge in [-0.25, -0.2) is 4.68 Å². The summed E-state index contributed by atoms with van der Waals surface area (Å²) in [5.41, 5.74) is 0.717. The second kappa shape index (κ2) is 10.2. The highest BCUT2D eigenvalue weighted by Crippen LogP contribution is 2.28. The molecule has 0 aliphatic rings. The molecule has 0 aliphatic carbocycles. The Balaban J connectivity index is 2.95. The third-order valence-electron chi connectivity index (χ3n) is 5.05. The van der Waals surface area contributed by atoms with Crippen LogP contribution in [0.15, 0.2) is 6.07 Å². The van der Waals surface area contributed by atoms with Gasteiger partial charge in [0.05, 0.1) is 17.8 Å². The van der Waals surface area contributed by atoms with Crippen molar-refractivity contribution in [2.75, 3.05) is 18.4 Å². The van der Waals surface area contributed by atoms with Crippen molar-refractivity contribution in [3.8, 4) is 0 Å². The number of carbonyl (C=O) groups is 2. The second-order valence-electron chi connectivity index (χ2n) is 12.2. The molecule has 1 rings (SSSR count). The van der Waals surface area contributed by atoms with Gasteiger partial charge in [-0.15, -0.1) is 0 Å². The predicted octanol–water partition coefficient (Wildman–Crippen LogP) is 5.58. The summed E-state index contributed by atoms with van der Waals surface area (Å²) >= 11 is 0. The molecule has 6 nitrogen and oxygen atoms in total.